The maximum atomic E-state index is 13.2. The monoisotopic (exact) mass is 317 g/mol. The molecule has 2 aromatic rings. The Bertz CT molecular complexity index is 666. The summed E-state index contributed by atoms with van der Waals surface area (Å²) in [6.45, 7) is 3.11. The van der Waals surface area contributed by atoms with E-state index in [4.69, 9.17) is 0 Å². The lowest BCUT2D eigenvalue weighted by atomic mass is 10.1. The van der Waals surface area contributed by atoms with Crippen molar-refractivity contribution in [2.75, 3.05) is 19.6 Å². The Balaban J connectivity index is 1.50. The molecule has 0 radical (unpaired) electrons. The molecule has 23 heavy (non-hydrogen) atoms. The first-order valence-electron chi connectivity index (χ1n) is 7.84. The second-order valence-electron chi connectivity index (χ2n) is 5.83. The van der Waals surface area contributed by atoms with Crippen LogP contribution in [0.15, 0.2) is 30.5 Å². The van der Waals surface area contributed by atoms with Gasteiger partial charge in [-0.1, -0.05) is 17.3 Å². The minimum absolute atomic E-state index is 0.221. The van der Waals surface area contributed by atoms with Gasteiger partial charge in [-0.15, -0.1) is 5.10 Å². The number of hydrogen-bond donors (Lipinski definition) is 2. The number of rotatable bonds is 6. The molecule has 1 aliphatic heterocycles. The number of amides is 1. The SMILES string of the molecule is O=C(NCCC1CCNC1)c1cn(Cc2cccc(F)c2)nn1. The van der Waals surface area contributed by atoms with Gasteiger partial charge in [0.25, 0.3) is 5.91 Å². The van der Waals surface area contributed by atoms with Crippen LogP contribution >= 0.6 is 0 Å². The zero-order valence-corrected chi connectivity index (χ0v) is 12.8. The summed E-state index contributed by atoms with van der Waals surface area (Å²) in [5, 5.41) is 14.0. The van der Waals surface area contributed by atoms with E-state index in [0.717, 1.165) is 25.1 Å². The second kappa shape index (κ2) is 7.32. The Morgan fingerprint density at radius 3 is 3.17 bits per heavy atom. The van der Waals surface area contributed by atoms with Gasteiger partial charge in [0, 0.05) is 6.54 Å². The lowest BCUT2D eigenvalue weighted by Crippen LogP contribution is -2.26. The molecular formula is C16H20FN5O. The van der Waals surface area contributed by atoms with E-state index in [1.807, 2.05) is 0 Å². The quantitative estimate of drug-likeness (QED) is 0.840. The summed E-state index contributed by atoms with van der Waals surface area (Å²) in [7, 11) is 0. The minimum Gasteiger partial charge on any atom is -0.351 e. The summed E-state index contributed by atoms with van der Waals surface area (Å²) >= 11 is 0. The molecule has 7 heteroatoms. The summed E-state index contributed by atoms with van der Waals surface area (Å²) in [4.78, 5) is 12.0. The maximum Gasteiger partial charge on any atom is 0.273 e. The average molecular weight is 317 g/mol. The molecule has 122 valence electrons. The number of halogens is 1. The van der Waals surface area contributed by atoms with Gasteiger partial charge in [-0.3, -0.25) is 4.79 Å². The smallest absolute Gasteiger partial charge is 0.273 e. The lowest BCUT2D eigenvalue weighted by molar-refractivity contribution is 0.0946. The standard InChI is InChI=1S/C16H20FN5O/c17-14-3-1-2-13(8-14)10-22-11-15(20-21-22)16(23)19-7-5-12-4-6-18-9-12/h1-3,8,11-12,18H,4-7,9-10H2,(H,19,23). The van der Waals surface area contributed by atoms with Crippen molar-refractivity contribution in [2.45, 2.75) is 19.4 Å². The number of carbonyl (C=O) groups is 1. The van der Waals surface area contributed by atoms with Crippen molar-refractivity contribution in [2.24, 2.45) is 5.92 Å². The molecule has 1 amide bonds. The van der Waals surface area contributed by atoms with Gasteiger partial charge in [0.1, 0.15) is 5.82 Å². The van der Waals surface area contributed by atoms with Crippen LogP contribution in [0.5, 0.6) is 0 Å². The highest BCUT2D eigenvalue weighted by molar-refractivity contribution is 5.91. The van der Waals surface area contributed by atoms with E-state index in [9.17, 15) is 9.18 Å². The fourth-order valence-corrected chi connectivity index (χ4v) is 2.74. The van der Waals surface area contributed by atoms with Crippen LogP contribution in [0.25, 0.3) is 0 Å². The van der Waals surface area contributed by atoms with Crippen LogP contribution in [0.1, 0.15) is 28.9 Å². The highest BCUT2D eigenvalue weighted by Crippen LogP contribution is 2.11. The molecule has 1 saturated heterocycles. The normalized spacial score (nSPS) is 17.3. The zero-order valence-electron chi connectivity index (χ0n) is 12.8. The molecular weight excluding hydrogens is 297 g/mol. The molecule has 1 aliphatic rings. The Morgan fingerprint density at radius 1 is 1.48 bits per heavy atom. The largest absolute Gasteiger partial charge is 0.351 e. The number of benzene rings is 1. The summed E-state index contributed by atoms with van der Waals surface area (Å²) in [5.41, 5.74) is 1.06. The van der Waals surface area contributed by atoms with Gasteiger partial charge in [-0.2, -0.15) is 0 Å². The van der Waals surface area contributed by atoms with Gasteiger partial charge in [0.2, 0.25) is 0 Å². The Morgan fingerprint density at radius 2 is 2.39 bits per heavy atom. The molecule has 0 saturated carbocycles. The van der Waals surface area contributed by atoms with Crippen LogP contribution in [0.2, 0.25) is 0 Å². The molecule has 1 aromatic heterocycles. The predicted octanol–water partition coefficient (Wildman–Crippen LogP) is 1.19. The molecule has 0 bridgehead atoms. The van der Waals surface area contributed by atoms with Crippen LogP contribution < -0.4 is 10.6 Å². The molecule has 6 nitrogen and oxygen atoms in total. The zero-order chi connectivity index (χ0) is 16.1. The molecule has 2 heterocycles. The summed E-state index contributed by atoms with van der Waals surface area (Å²) < 4.78 is 14.7. The molecule has 2 N–H and O–H groups in total. The first-order chi connectivity index (χ1) is 11.2. The van der Waals surface area contributed by atoms with Crippen LogP contribution in [-0.4, -0.2) is 40.5 Å². The predicted molar refractivity (Wildman–Crippen MR) is 83.5 cm³/mol. The van der Waals surface area contributed by atoms with Crippen molar-refractivity contribution in [1.82, 2.24) is 25.6 Å². The van der Waals surface area contributed by atoms with Gasteiger partial charge in [-0.05, 0) is 49.5 Å². The Kier molecular flexibility index (Phi) is 4.97. The number of nitrogens with zero attached hydrogens (tertiary/aromatic N) is 3. The van der Waals surface area contributed by atoms with Crippen molar-refractivity contribution < 1.29 is 9.18 Å². The first-order valence-corrected chi connectivity index (χ1v) is 7.84. The van der Waals surface area contributed by atoms with E-state index >= 15 is 0 Å². The van der Waals surface area contributed by atoms with Gasteiger partial charge in [0.05, 0.1) is 12.7 Å². The van der Waals surface area contributed by atoms with Crippen LogP contribution in [0.3, 0.4) is 0 Å². The average Bonchev–Trinajstić information content (AvgIpc) is 3.19. The van der Waals surface area contributed by atoms with Gasteiger partial charge in [-0.25, -0.2) is 9.07 Å². The van der Waals surface area contributed by atoms with Crippen molar-refractivity contribution in [3.05, 3.63) is 47.5 Å². The Hall–Kier alpha value is -2.28. The van der Waals surface area contributed by atoms with Gasteiger partial charge < -0.3 is 10.6 Å². The molecule has 1 unspecified atom stereocenters. The fraction of sp³-hybridized carbons (Fsp3) is 0.438. The van der Waals surface area contributed by atoms with Gasteiger partial charge in [0.15, 0.2) is 5.69 Å². The van der Waals surface area contributed by atoms with Crippen molar-refractivity contribution in [3.63, 3.8) is 0 Å². The third-order valence-electron chi connectivity index (χ3n) is 4.01. The molecule has 1 atom stereocenters. The molecule has 1 aromatic carbocycles. The minimum atomic E-state index is -0.290. The van der Waals surface area contributed by atoms with Crippen LogP contribution in [0, 0.1) is 11.7 Å². The number of aromatic nitrogens is 3. The van der Waals surface area contributed by atoms with Crippen molar-refractivity contribution >= 4 is 5.91 Å². The van der Waals surface area contributed by atoms with E-state index in [1.165, 1.54) is 23.2 Å². The third-order valence-corrected chi connectivity index (χ3v) is 4.01. The van der Waals surface area contributed by atoms with Crippen molar-refractivity contribution in [3.8, 4) is 0 Å². The molecule has 0 aliphatic carbocycles. The number of hydrogen-bond acceptors (Lipinski definition) is 4. The fourth-order valence-electron chi connectivity index (χ4n) is 2.74. The van der Waals surface area contributed by atoms with Gasteiger partial charge >= 0.3 is 0 Å². The highest BCUT2D eigenvalue weighted by Gasteiger charge is 2.15. The molecule has 1 fully saturated rings. The van der Waals surface area contributed by atoms with E-state index in [1.54, 1.807) is 18.3 Å². The second-order valence-corrected chi connectivity index (χ2v) is 5.83. The topological polar surface area (TPSA) is 71.8 Å². The maximum absolute atomic E-state index is 13.2. The van der Waals surface area contributed by atoms with E-state index in [2.05, 4.69) is 20.9 Å². The van der Waals surface area contributed by atoms with E-state index in [0.29, 0.717) is 19.0 Å². The Labute approximate surface area is 134 Å². The first kappa shape index (κ1) is 15.6. The van der Waals surface area contributed by atoms with E-state index in [-0.39, 0.29) is 17.4 Å². The third kappa shape index (κ3) is 4.35. The molecule has 3 rings (SSSR count). The molecule has 0 spiro atoms. The van der Waals surface area contributed by atoms with E-state index < -0.39 is 0 Å². The van der Waals surface area contributed by atoms with Crippen molar-refractivity contribution in [1.29, 1.82) is 0 Å². The summed E-state index contributed by atoms with van der Waals surface area (Å²) in [5.74, 6) is 0.127. The highest BCUT2D eigenvalue weighted by atomic mass is 19.1. The lowest BCUT2D eigenvalue weighted by Gasteiger charge is -2.08. The summed E-state index contributed by atoms with van der Waals surface area (Å²) in [6, 6.07) is 6.29. The van der Waals surface area contributed by atoms with Crippen LogP contribution in [0.4, 0.5) is 4.39 Å². The number of nitrogens with one attached hydrogen (secondary N) is 2. The number of carbonyl (C=O) groups excluding carboxylic acids is 1. The van der Waals surface area contributed by atoms with Crippen LogP contribution in [-0.2, 0) is 6.54 Å². The summed E-state index contributed by atoms with van der Waals surface area (Å²) in [6.07, 6.45) is 3.72.